The Hall–Kier alpha value is -0.790. The van der Waals surface area contributed by atoms with E-state index in [0.717, 1.165) is 6.42 Å². The Morgan fingerprint density at radius 1 is 0.897 bits per heavy atom. The van der Waals surface area contributed by atoms with Crippen molar-refractivity contribution >= 4 is 15.2 Å². The van der Waals surface area contributed by atoms with E-state index in [1.807, 2.05) is 12.1 Å². The van der Waals surface area contributed by atoms with Gasteiger partial charge in [0.25, 0.3) is 0 Å². The highest BCUT2D eigenvalue weighted by atomic mass is 31.2. The number of rotatable bonds is 17. The second kappa shape index (κ2) is 14.3. The Bertz CT molecular complexity index is 598. The first kappa shape index (κ1) is 26.2. The van der Waals surface area contributed by atoms with Crippen molar-refractivity contribution in [3.63, 3.8) is 0 Å². The molecule has 0 unspecified atom stereocenters. The highest BCUT2D eigenvalue weighted by Gasteiger charge is 2.50. The highest BCUT2D eigenvalue weighted by molar-refractivity contribution is 7.72. The van der Waals surface area contributed by atoms with Crippen LogP contribution in [0.4, 0.5) is 0 Å². The zero-order valence-electron chi connectivity index (χ0n) is 17.7. The first-order valence-electron chi connectivity index (χ1n) is 10.0. The number of hydrogen-bond donors (Lipinski definition) is 1. The van der Waals surface area contributed by atoms with Crippen LogP contribution in [0.15, 0.2) is 24.4 Å². The zero-order valence-corrected chi connectivity index (χ0v) is 19.5. The molecular formula is C18H34N2O7P2. The summed E-state index contributed by atoms with van der Waals surface area (Å²) in [6.07, 6.45) is 3.07. The zero-order chi connectivity index (χ0) is 21.6. The molecule has 0 bridgehead atoms. The fraction of sp³-hybridized carbons (Fsp3) is 0.722. The van der Waals surface area contributed by atoms with Crippen molar-refractivity contribution in [2.45, 2.75) is 46.1 Å². The summed E-state index contributed by atoms with van der Waals surface area (Å²) < 4.78 is 53.9. The lowest BCUT2D eigenvalue weighted by molar-refractivity contribution is 0.190. The molecule has 1 heterocycles. The van der Waals surface area contributed by atoms with Crippen molar-refractivity contribution < 1.29 is 32.0 Å². The molecule has 0 aliphatic carbocycles. The fourth-order valence-electron chi connectivity index (χ4n) is 2.54. The average molecular weight is 452 g/mol. The first-order chi connectivity index (χ1) is 14.0. The van der Waals surface area contributed by atoms with Gasteiger partial charge in [-0.3, -0.25) is 14.4 Å². The lowest BCUT2D eigenvalue weighted by Crippen LogP contribution is -2.33. The number of hydrogen-bond acceptors (Lipinski definition) is 9. The first-order valence-corrected chi connectivity index (χ1v) is 13.2. The fourth-order valence-corrected chi connectivity index (χ4v) is 7.59. The maximum Gasteiger partial charge on any atom is 0.359 e. The van der Waals surface area contributed by atoms with Gasteiger partial charge in [-0.2, -0.15) is 0 Å². The van der Waals surface area contributed by atoms with E-state index in [1.165, 1.54) is 0 Å². The highest BCUT2D eigenvalue weighted by Crippen LogP contribution is 2.69. The molecule has 0 fully saturated rings. The van der Waals surface area contributed by atoms with E-state index in [1.54, 1.807) is 40.0 Å². The van der Waals surface area contributed by atoms with E-state index in [9.17, 15) is 9.13 Å². The summed E-state index contributed by atoms with van der Waals surface area (Å²) >= 11 is 0. The van der Waals surface area contributed by atoms with E-state index >= 15 is 0 Å². The second-order valence-electron chi connectivity index (χ2n) is 5.80. The average Bonchev–Trinajstić information content (AvgIpc) is 2.68. The molecule has 9 nitrogen and oxygen atoms in total. The second-order valence-corrected chi connectivity index (χ2v) is 10.4. The summed E-state index contributed by atoms with van der Waals surface area (Å²) in [6, 6.07) is 5.46. The summed E-state index contributed by atoms with van der Waals surface area (Å²) in [5, 5.41) is 3.04. The Labute approximate surface area is 173 Å². The van der Waals surface area contributed by atoms with Crippen molar-refractivity contribution in [1.82, 2.24) is 10.3 Å². The third kappa shape index (κ3) is 8.85. The summed E-state index contributed by atoms with van der Waals surface area (Å²) in [6.45, 7) is 8.26. The maximum atomic E-state index is 13.3. The van der Waals surface area contributed by atoms with Crippen LogP contribution in [-0.4, -0.2) is 50.1 Å². The molecule has 1 aromatic rings. The normalized spacial score (nSPS) is 12.4. The minimum absolute atomic E-state index is 0.144. The molecule has 0 aliphatic rings. The molecule has 0 spiro atoms. The van der Waals surface area contributed by atoms with Crippen LogP contribution in [0.2, 0.25) is 0 Å². The molecule has 29 heavy (non-hydrogen) atoms. The van der Waals surface area contributed by atoms with Crippen LogP contribution in [0, 0.1) is 0 Å². The summed E-state index contributed by atoms with van der Waals surface area (Å²) in [4.78, 5) is 4.09. The van der Waals surface area contributed by atoms with E-state index in [0.29, 0.717) is 25.5 Å². The Kier molecular flexibility index (Phi) is 12.9. The van der Waals surface area contributed by atoms with Crippen LogP contribution >= 0.6 is 15.2 Å². The van der Waals surface area contributed by atoms with Crippen LogP contribution < -0.4 is 10.1 Å². The molecule has 0 atom stereocenters. The summed E-state index contributed by atoms with van der Waals surface area (Å²) in [7, 11) is -7.56. The smallest absolute Gasteiger partial charge is 0.359 e. The van der Waals surface area contributed by atoms with Gasteiger partial charge in [-0.05, 0) is 53.1 Å². The molecule has 1 aromatic heterocycles. The van der Waals surface area contributed by atoms with Crippen molar-refractivity contribution in [2.24, 2.45) is 0 Å². The van der Waals surface area contributed by atoms with E-state index in [4.69, 9.17) is 22.8 Å². The molecule has 1 rings (SSSR count). The van der Waals surface area contributed by atoms with Gasteiger partial charge >= 0.3 is 15.2 Å². The van der Waals surface area contributed by atoms with Crippen LogP contribution in [0.5, 0.6) is 5.88 Å². The van der Waals surface area contributed by atoms with E-state index in [2.05, 4.69) is 10.3 Å². The summed E-state index contributed by atoms with van der Waals surface area (Å²) in [5.74, 6) is 0.563. The van der Waals surface area contributed by atoms with Gasteiger partial charge in [0.05, 0.1) is 33.0 Å². The Balaban J connectivity index is 2.75. The molecule has 168 valence electrons. The number of aromatic nitrogens is 1. The van der Waals surface area contributed by atoms with Gasteiger partial charge in [0.1, 0.15) is 0 Å². The monoisotopic (exact) mass is 452 g/mol. The molecule has 11 heteroatoms. The number of nitrogens with zero attached hydrogens (tertiary/aromatic N) is 1. The van der Waals surface area contributed by atoms with Crippen LogP contribution in [0.3, 0.4) is 0 Å². The molecule has 0 aromatic carbocycles. The predicted molar refractivity (Wildman–Crippen MR) is 112 cm³/mol. The lowest BCUT2D eigenvalue weighted by atomic mass is 10.3. The van der Waals surface area contributed by atoms with E-state index in [-0.39, 0.29) is 26.4 Å². The maximum absolute atomic E-state index is 13.3. The Morgan fingerprint density at radius 2 is 1.45 bits per heavy atom. The SMILES string of the molecule is CCOP(=O)(OCC)C(NCCCCOc1ccccn1)P(=O)(OCC)OCC. The van der Waals surface area contributed by atoms with Crippen LogP contribution in [-0.2, 0) is 27.2 Å². The van der Waals surface area contributed by atoms with Gasteiger partial charge in [-0.25, -0.2) is 4.98 Å². The van der Waals surface area contributed by atoms with Gasteiger partial charge in [0.15, 0.2) is 0 Å². The van der Waals surface area contributed by atoms with Crippen molar-refractivity contribution in [3.05, 3.63) is 24.4 Å². The topological polar surface area (TPSA) is 105 Å². The quantitative estimate of drug-likeness (QED) is 0.267. The Morgan fingerprint density at radius 3 is 1.90 bits per heavy atom. The molecule has 1 N–H and O–H groups in total. The number of ether oxygens (including phenoxy) is 1. The number of unbranched alkanes of at least 4 members (excludes halogenated alkanes) is 1. The number of pyridine rings is 1. The third-order valence-electron chi connectivity index (χ3n) is 3.62. The standard InChI is InChI=1S/C18H34N2O7P2/c1-5-24-28(21,25-6-2)18(29(22,26-7-3)27-8-4)20-15-11-12-16-23-17-13-9-10-14-19-17/h9-10,13-14,18,20H,5-8,11-12,15-16H2,1-4H3. The minimum Gasteiger partial charge on any atom is -0.478 e. The summed E-state index contributed by atoms with van der Waals surface area (Å²) in [5.41, 5.74) is -1.20. The van der Waals surface area contributed by atoms with Crippen molar-refractivity contribution in [3.8, 4) is 5.88 Å². The largest absolute Gasteiger partial charge is 0.478 e. The van der Waals surface area contributed by atoms with Gasteiger partial charge in [0, 0.05) is 12.3 Å². The van der Waals surface area contributed by atoms with Gasteiger partial charge in [-0.1, -0.05) is 6.07 Å². The molecule has 0 saturated carbocycles. The van der Waals surface area contributed by atoms with Crippen molar-refractivity contribution in [1.29, 1.82) is 0 Å². The number of nitrogens with one attached hydrogen (secondary N) is 1. The van der Waals surface area contributed by atoms with Gasteiger partial charge in [-0.15, -0.1) is 0 Å². The third-order valence-corrected chi connectivity index (χ3v) is 9.35. The predicted octanol–water partition coefficient (Wildman–Crippen LogP) is 4.65. The van der Waals surface area contributed by atoms with Crippen molar-refractivity contribution in [2.75, 3.05) is 39.6 Å². The van der Waals surface area contributed by atoms with Gasteiger partial charge < -0.3 is 22.8 Å². The molecular weight excluding hydrogens is 418 g/mol. The van der Waals surface area contributed by atoms with Gasteiger partial charge in [0.2, 0.25) is 11.4 Å². The lowest BCUT2D eigenvalue weighted by Gasteiger charge is -2.31. The molecule has 0 amide bonds. The molecule has 0 aliphatic heterocycles. The van der Waals surface area contributed by atoms with Crippen LogP contribution in [0.25, 0.3) is 0 Å². The molecule has 0 saturated heterocycles. The minimum atomic E-state index is -3.78. The van der Waals surface area contributed by atoms with E-state index < -0.39 is 20.7 Å². The molecule has 0 radical (unpaired) electrons. The van der Waals surface area contributed by atoms with Crippen LogP contribution in [0.1, 0.15) is 40.5 Å².